The first-order valence-electron chi connectivity index (χ1n) is 6.57. The van der Waals surface area contributed by atoms with Crippen LogP contribution in [0.25, 0.3) is 0 Å². The van der Waals surface area contributed by atoms with Gasteiger partial charge in [0.25, 0.3) is 0 Å². The smallest absolute Gasteiger partial charge is 0.127 e. The predicted molar refractivity (Wildman–Crippen MR) is 81.8 cm³/mol. The Morgan fingerprint density at radius 2 is 2.15 bits per heavy atom. The van der Waals surface area contributed by atoms with Gasteiger partial charge in [0.15, 0.2) is 0 Å². The van der Waals surface area contributed by atoms with Crippen molar-refractivity contribution in [2.24, 2.45) is 0 Å². The molecule has 1 N–H and O–H groups in total. The molecule has 0 spiro atoms. The van der Waals surface area contributed by atoms with Crippen LogP contribution in [0.3, 0.4) is 0 Å². The van der Waals surface area contributed by atoms with Gasteiger partial charge in [0.2, 0.25) is 0 Å². The van der Waals surface area contributed by atoms with Crippen molar-refractivity contribution in [1.29, 1.82) is 0 Å². The van der Waals surface area contributed by atoms with Crippen LogP contribution in [0.1, 0.15) is 24.2 Å². The Labute approximate surface area is 123 Å². The van der Waals surface area contributed by atoms with Crippen LogP contribution >= 0.6 is 11.3 Å². The topological polar surface area (TPSA) is 43.4 Å². The summed E-state index contributed by atoms with van der Waals surface area (Å²) in [5.41, 5.74) is 4.13. The Hall–Kier alpha value is -1.59. The van der Waals surface area contributed by atoms with E-state index in [1.807, 2.05) is 23.7 Å². The molecule has 4 nitrogen and oxygen atoms in total. The molecule has 1 unspecified atom stereocenters. The van der Waals surface area contributed by atoms with Gasteiger partial charge in [0.1, 0.15) is 11.5 Å². The molecular weight excluding hydrogens is 272 g/mol. The average molecular weight is 292 g/mol. The molecule has 0 radical (unpaired) electrons. The average Bonchev–Trinajstić information content (AvgIpc) is 2.99. The van der Waals surface area contributed by atoms with Crippen LogP contribution < -0.4 is 14.8 Å². The molecule has 0 bridgehead atoms. The van der Waals surface area contributed by atoms with E-state index in [1.54, 1.807) is 25.6 Å². The van der Waals surface area contributed by atoms with Gasteiger partial charge in [0, 0.05) is 36.0 Å². The fourth-order valence-corrected chi connectivity index (χ4v) is 2.66. The number of aromatic nitrogens is 1. The number of hydrogen-bond acceptors (Lipinski definition) is 5. The van der Waals surface area contributed by atoms with Crippen LogP contribution in [-0.4, -0.2) is 25.7 Å². The third kappa shape index (κ3) is 3.71. The second-order valence-corrected chi connectivity index (χ2v) is 5.23. The highest BCUT2D eigenvalue weighted by Gasteiger charge is 2.12. The van der Waals surface area contributed by atoms with E-state index in [2.05, 4.69) is 22.6 Å². The second-order valence-electron chi connectivity index (χ2n) is 4.51. The van der Waals surface area contributed by atoms with Gasteiger partial charge < -0.3 is 14.8 Å². The molecule has 0 saturated heterocycles. The molecule has 0 fully saturated rings. The third-order valence-corrected chi connectivity index (χ3v) is 3.86. The summed E-state index contributed by atoms with van der Waals surface area (Å²) >= 11 is 1.63. The van der Waals surface area contributed by atoms with Crippen LogP contribution in [0.4, 0.5) is 0 Å². The maximum absolute atomic E-state index is 5.43. The monoisotopic (exact) mass is 292 g/mol. The molecule has 108 valence electrons. The van der Waals surface area contributed by atoms with Crippen molar-refractivity contribution in [2.75, 3.05) is 20.8 Å². The zero-order valence-electron chi connectivity index (χ0n) is 12.1. The standard InChI is InChI=1S/C15H20N2O2S/c1-11(16-7-6-12-9-20-10-17-12)14-5-4-13(18-2)8-15(14)19-3/h4-5,8-11,16H,6-7H2,1-3H3. The summed E-state index contributed by atoms with van der Waals surface area (Å²) < 4.78 is 10.6. The van der Waals surface area contributed by atoms with Crippen molar-refractivity contribution in [3.05, 3.63) is 40.3 Å². The molecule has 2 rings (SSSR count). The minimum absolute atomic E-state index is 0.217. The minimum atomic E-state index is 0.217. The van der Waals surface area contributed by atoms with Gasteiger partial charge in [-0.15, -0.1) is 11.3 Å². The van der Waals surface area contributed by atoms with Crippen molar-refractivity contribution in [2.45, 2.75) is 19.4 Å². The van der Waals surface area contributed by atoms with E-state index in [-0.39, 0.29) is 6.04 Å². The van der Waals surface area contributed by atoms with Crippen LogP contribution in [0.2, 0.25) is 0 Å². The number of nitrogens with one attached hydrogen (secondary N) is 1. The fourth-order valence-electron chi connectivity index (χ4n) is 2.06. The predicted octanol–water partition coefficient (Wildman–Crippen LogP) is 3.05. The summed E-state index contributed by atoms with van der Waals surface area (Å²) in [5.74, 6) is 1.65. The number of thiazole rings is 1. The summed E-state index contributed by atoms with van der Waals surface area (Å²) in [4.78, 5) is 4.28. The van der Waals surface area contributed by atoms with Crippen molar-refractivity contribution >= 4 is 11.3 Å². The highest BCUT2D eigenvalue weighted by Crippen LogP contribution is 2.29. The number of ether oxygens (including phenoxy) is 2. The Balaban J connectivity index is 1.95. The molecule has 20 heavy (non-hydrogen) atoms. The van der Waals surface area contributed by atoms with Gasteiger partial charge in [-0.3, -0.25) is 0 Å². The lowest BCUT2D eigenvalue weighted by Gasteiger charge is -2.17. The molecule has 0 aliphatic carbocycles. The van der Waals surface area contributed by atoms with E-state index in [9.17, 15) is 0 Å². The van der Waals surface area contributed by atoms with Gasteiger partial charge in [-0.05, 0) is 13.0 Å². The first-order chi connectivity index (χ1) is 9.74. The van der Waals surface area contributed by atoms with Crippen LogP contribution in [0.5, 0.6) is 11.5 Å². The number of hydrogen-bond donors (Lipinski definition) is 1. The van der Waals surface area contributed by atoms with Gasteiger partial charge in [-0.1, -0.05) is 6.07 Å². The normalized spacial score (nSPS) is 12.2. The molecular formula is C15H20N2O2S. The summed E-state index contributed by atoms with van der Waals surface area (Å²) in [6.45, 7) is 3.02. The third-order valence-electron chi connectivity index (χ3n) is 3.22. The van der Waals surface area contributed by atoms with E-state index < -0.39 is 0 Å². The van der Waals surface area contributed by atoms with Gasteiger partial charge in [-0.25, -0.2) is 4.98 Å². The Morgan fingerprint density at radius 1 is 1.30 bits per heavy atom. The van der Waals surface area contributed by atoms with Crippen molar-refractivity contribution < 1.29 is 9.47 Å². The maximum Gasteiger partial charge on any atom is 0.127 e. The van der Waals surface area contributed by atoms with E-state index >= 15 is 0 Å². The largest absolute Gasteiger partial charge is 0.497 e. The highest BCUT2D eigenvalue weighted by molar-refractivity contribution is 7.07. The summed E-state index contributed by atoms with van der Waals surface area (Å²) in [6.07, 6.45) is 0.937. The molecule has 0 amide bonds. The van der Waals surface area contributed by atoms with Crippen LogP contribution in [0, 0.1) is 0 Å². The Morgan fingerprint density at radius 3 is 2.80 bits per heavy atom. The lowest BCUT2D eigenvalue weighted by molar-refractivity contribution is 0.386. The lowest BCUT2D eigenvalue weighted by atomic mass is 10.1. The highest BCUT2D eigenvalue weighted by atomic mass is 32.1. The SMILES string of the molecule is COc1ccc(C(C)NCCc2cscn2)c(OC)c1. The van der Waals surface area contributed by atoms with Crippen LogP contribution in [0.15, 0.2) is 29.1 Å². The van der Waals surface area contributed by atoms with Crippen molar-refractivity contribution in [3.63, 3.8) is 0 Å². The molecule has 5 heteroatoms. The van der Waals surface area contributed by atoms with Crippen molar-refractivity contribution in [3.8, 4) is 11.5 Å². The first-order valence-corrected chi connectivity index (χ1v) is 7.51. The van der Waals surface area contributed by atoms with Gasteiger partial charge in [-0.2, -0.15) is 0 Å². The second kappa shape index (κ2) is 7.26. The van der Waals surface area contributed by atoms with Crippen molar-refractivity contribution in [1.82, 2.24) is 10.3 Å². The molecule has 0 saturated carbocycles. The van der Waals surface area contributed by atoms with E-state index in [1.165, 1.54) is 0 Å². The molecule has 1 atom stereocenters. The summed E-state index contributed by atoms with van der Waals surface area (Å²) in [5, 5.41) is 5.58. The summed E-state index contributed by atoms with van der Waals surface area (Å²) in [7, 11) is 3.34. The number of benzene rings is 1. The zero-order chi connectivity index (χ0) is 14.4. The molecule has 0 aliphatic heterocycles. The zero-order valence-corrected chi connectivity index (χ0v) is 12.9. The number of rotatable bonds is 7. The lowest BCUT2D eigenvalue weighted by Crippen LogP contribution is -2.22. The number of methoxy groups -OCH3 is 2. The number of nitrogens with zero attached hydrogens (tertiary/aromatic N) is 1. The summed E-state index contributed by atoms with van der Waals surface area (Å²) in [6, 6.07) is 6.12. The quantitative estimate of drug-likeness (QED) is 0.852. The Kier molecular flexibility index (Phi) is 5.38. The fraction of sp³-hybridized carbons (Fsp3) is 0.400. The molecule has 0 aliphatic rings. The van der Waals surface area contributed by atoms with Gasteiger partial charge in [0.05, 0.1) is 25.4 Å². The van der Waals surface area contributed by atoms with E-state index in [4.69, 9.17) is 9.47 Å². The first kappa shape index (κ1) is 14.8. The Bertz CT molecular complexity index is 529. The van der Waals surface area contributed by atoms with Gasteiger partial charge >= 0.3 is 0 Å². The molecule has 1 heterocycles. The molecule has 2 aromatic rings. The van der Waals surface area contributed by atoms with Crippen LogP contribution in [-0.2, 0) is 6.42 Å². The molecule has 1 aromatic carbocycles. The van der Waals surface area contributed by atoms with E-state index in [0.29, 0.717) is 0 Å². The minimum Gasteiger partial charge on any atom is -0.497 e. The van der Waals surface area contributed by atoms with E-state index in [0.717, 1.165) is 35.7 Å². The maximum atomic E-state index is 5.43. The molecule has 1 aromatic heterocycles.